The zero-order valence-corrected chi connectivity index (χ0v) is 14.7. The molecule has 0 aromatic heterocycles. The highest BCUT2D eigenvalue weighted by atomic mass is 32.2. The lowest BCUT2D eigenvalue weighted by atomic mass is 9.96. The monoisotopic (exact) mass is 435 g/mol. The van der Waals surface area contributed by atoms with Crippen molar-refractivity contribution >= 4 is 16.3 Å². The van der Waals surface area contributed by atoms with Crippen LogP contribution in [-0.2, 0) is 29.3 Å². The fourth-order valence-corrected chi connectivity index (χ4v) is 3.47. The molecular weight excluding hydrogens is 414 g/mol. The van der Waals surface area contributed by atoms with Crippen molar-refractivity contribution in [2.75, 3.05) is 6.61 Å². The average Bonchev–Trinajstić information content (AvgIpc) is 2.59. The van der Waals surface area contributed by atoms with Gasteiger partial charge in [-0.2, -0.15) is 13.1 Å². The van der Waals surface area contributed by atoms with Crippen molar-refractivity contribution in [1.82, 2.24) is 4.72 Å². The molecule has 28 heavy (non-hydrogen) atoms. The Bertz CT molecular complexity index is 659. The largest absolute Gasteiger partial charge is 0.479 e. The second-order valence-electron chi connectivity index (χ2n) is 6.19. The Labute approximate surface area is 157 Å². The van der Waals surface area contributed by atoms with Gasteiger partial charge in [0.05, 0.1) is 6.61 Å². The molecular formula is C12H21NO14S. The molecule has 0 aromatic rings. The molecule has 164 valence electrons. The van der Waals surface area contributed by atoms with Crippen LogP contribution in [0.3, 0.4) is 0 Å². The Kier molecular flexibility index (Phi) is 7.29. The predicted molar refractivity (Wildman–Crippen MR) is 81.6 cm³/mol. The lowest BCUT2D eigenvalue weighted by molar-refractivity contribution is -0.340. The Balaban J connectivity index is 2.23. The van der Waals surface area contributed by atoms with Crippen molar-refractivity contribution in [2.45, 2.75) is 61.3 Å². The number of aliphatic hydroxyl groups is 6. The smallest absolute Gasteiger partial charge is 0.335 e. The summed E-state index contributed by atoms with van der Waals surface area (Å²) in [6, 6.07) is -1.88. The van der Waals surface area contributed by atoms with E-state index >= 15 is 0 Å². The van der Waals surface area contributed by atoms with Crippen LogP contribution >= 0.6 is 0 Å². The second-order valence-corrected chi connectivity index (χ2v) is 7.38. The van der Waals surface area contributed by atoms with E-state index in [4.69, 9.17) is 23.9 Å². The standard InChI is InChI=1S/C12H21NO14S/c14-1-2-8(4(15)3(11(21)25-2)13-28(22,23)24)26-12-7(18)5(16)6(17)9(27-12)10(19)20/h2-9,11-18,21H,1H2,(H,19,20)(H,22,23,24)/t2-,3-,4-,5+,6+,7-,8-,9-,11+,12-/m1/s1. The van der Waals surface area contributed by atoms with Crippen molar-refractivity contribution in [2.24, 2.45) is 0 Å². The number of rotatable bonds is 6. The van der Waals surface area contributed by atoms with Crippen molar-refractivity contribution < 1.29 is 67.7 Å². The summed E-state index contributed by atoms with van der Waals surface area (Å²) in [5.41, 5.74) is 0. The van der Waals surface area contributed by atoms with Crippen LogP contribution in [0, 0.1) is 0 Å². The van der Waals surface area contributed by atoms with Gasteiger partial charge in [-0.15, -0.1) is 0 Å². The van der Waals surface area contributed by atoms with Gasteiger partial charge in [0.2, 0.25) is 0 Å². The summed E-state index contributed by atoms with van der Waals surface area (Å²) in [5, 5.41) is 67.7. The number of aliphatic hydroxyl groups excluding tert-OH is 6. The molecule has 0 aromatic carbocycles. The predicted octanol–water partition coefficient (Wildman–Crippen LogP) is -5.90. The molecule has 16 heteroatoms. The van der Waals surface area contributed by atoms with Crippen LogP contribution in [0.4, 0.5) is 0 Å². The van der Waals surface area contributed by atoms with Crippen molar-refractivity contribution in [3.05, 3.63) is 0 Å². The topological polar surface area (TPSA) is 253 Å². The normalized spacial score (nSPS) is 45.0. The van der Waals surface area contributed by atoms with E-state index in [-0.39, 0.29) is 0 Å². The molecule has 15 nitrogen and oxygen atoms in total. The first-order chi connectivity index (χ1) is 12.9. The first-order valence-corrected chi connectivity index (χ1v) is 9.26. The molecule has 0 amide bonds. The molecule has 9 N–H and O–H groups in total. The van der Waals surface area contributed by atoms with E-state index < -0.39 is 84.2 Å². The van der Waals surface area contributed by atoms with Gasteiger partial charge in [-0.1, -0.05) is 0 Å². The van der Waals surface area contributed by atoms with Crippen LogP contribution in [0.15, 0.2) is 0 Å². The maximum atomic E-state index is 11.1. The highest BCUT2D eigenvalue weighted by Crippen LogP contribution is 2.29. The summed E-state index contributed by atoms with van der Waals surface area (Å²) < 4.78 is 47.2. The van der Waals surface area contributed by atoms with Gasteiger partial charge in [-0.3, -0.25) is 4.55 Å². The summed E-state index contributed by atoms with van der Waals surface area (Å²) in [7, 11) is -4.92. The van der Waals surface area contributed by atoms with E-state index in [9.17, 15) is 43.9 Å². The Hall–Kier alpha value is -1.02. The number of hydrogen-bond acceptors (Lipinski definition) is 12. The minimum absolute atomic E-state index is 0.881. The SMILES string of the molecule is O=C(O)[C@@H]1O[C@@H](O[C@H]2[C@H](O)[C@@H](NS(=O)(=O)O)[C@@H](O)O[C@@H]2CO)[C@H](O)[C@@H](O)[C@@H]1O. The molecule has 2 rings (SSSR count). The van der Waals surface area contributed by atoms with E-state index in [1.54, 1.807) is 0 Å². The number of carboxylic acid groups (broad SMARTS) is 1. The third-order valence-electron chi connectivity index (χ3n) is 4.26. The van der Waals surface area contributed by atoms with Gasteiger partial charge in [0, 0.05) is 0 Å². The molecule has 2 heterocycles. The number of carbonyl (C=O) groups is 1. The van der Waals surface area contributed by atoms with Crippen molar-refractivity contribution in [3.63, 3.8) is 0 Å². The van der Waals surface area contributed by atoms with Crippen LogP contribution in [0.2, 0.25) is 0 Å². The number of hydrogen-bond donors (Lipinski definition) is 9. The minimum atomic E-state index is -4.92. The molecule has 2 aliphatic rings. The van der Waals surface area contributed by atoms with Gasteiger partial charge in [0.25, 0.3) is 0 Å². The van der Waals surface area contributed by atoms with Gasteiger partial charge in [0.1, 0.15) is 42.7 Å². The van der Waals surface area contributed by atoms with Gasteiger partial charge in [-0.25, -0.2) is 4.79 Å². The molecule has 0 aliphatic carbocycles. The zero-order valence-electron chi connectivity index (χ0n) is 13.9. The maximum absolute atomic E-state index is 11.1. The maximum Gasteiger partial charge on any atom is 0.335 e. The van der Waals surface area contributed by atoms with Crippen LogP contribution in [0.1, 0.15) is 0 Å². The van der Waals surface area contributed by atoms with Crippen LogP contribution in [0.25, 0.3) is 0 Å². The third-order valence-corrected chi connectivity index (χ3v) is 4.83. The van der Waals surface area contributed by atoms with Crippen molar-refractivity contribution in [1.29, 1.82) is 0 Å². The van der Waals surface area contributed by atoms with Crippen LogP contribution in [-0.4, -0.2) is 123 Å². The molecule has 0 bridgehead atoms. The van der Waals surface area contributed by atoms with Crippen molar-refractivity contribution in [3.8, 4) is 0 Å². The van der Waals surface area contributed by atoms with E-state index in [1.807, 2.05) is 0 Å². The molecule has 2 saturated heterocycles. The summed E-state index contributed by atoms with van der Waals surface area (Å²) in [5.74, 6) is -1.70. The first-order valence-electron chi connectivity index (χ1n) is 7.82. The molecule has 0 spiro atoms. The van der Waals surface area contributed by atoms with Crippen LogP contribution < -0.4 is 4.72 Å². The first kappa shape index (κ1) is 23.3. The summed E-state index contributed by atoms with van der Waals surface area (Å²) >= 11 is 0. The second kappa shape index (κ2) is 8.78. The Morgan fingerprint density at radius 2 is 1.61 bits per heavy atom. The van der Waals surface area contributed by atoms with E-state index in [2.05, 4.69) is 0 Å². The third kappa shape index (κ3) is 4.93. The molecule has 0 saturated carbocycles. The van der Waals surface area contributed by atoms with E-state index in [0.717, 1.165) is 0 Å². The number of nitrogens with one attached hydrogen (secondary N) is 1. The van der Waals surface area contributed by atoms with Gasteiger partial charge in [-0.05, 0) is 0 Å². The van der Waals surface area contributed by atoms with Gasteiger partial charge < -0.3 is 50.0 Å². The van der Waals surface area contributed by atoms with E-state index in [0.29, 0.717) is 0 Å². The molecule has 10 atom stereocenters. The zero-order chi connectivity index (χ0) is 21.4. The lowest BCUT2D eigenvalue weighted by Gasteiger charge is -2.45. The van der Waals surface area contributed by atoms with Gasteiger partial charge >= 0.3 is 16.3 Å². The summed E-state index contributed by atoms with van der Waals surface area (Å²) in [6.07, 6.45) is -17.3. The highest BCUT2D eigenvalue weighted by Gasteiger charge is 2.52. The van der Waals surface area contributed by atoms with E-state index in [1.165, 1.54) is 4.72 Å². The molecule has 2 aliphatic heterocycles. The molecule has 0 radical (unpaired) electrons. The minimum Gasteiger partial charge on any atom is -0.479 e. The highest BCUT2D eigenvalue weighted by molar-refractivity contribution is 7.83. The van der Waals surface area contributed by atoms with Crippen LogP contribution in [0.5, 0.6) is 0 Å². The fourth-order valence-electron chi connectivity index (χ4n) is 2.87. The average molecular weight is 435 g/mol. The number of carboxylic acids is 1. The lowest BCUT2D eigenvalue weighted by Crippen LogP contribution is -2.67. The quantitative estimate of drug-likeness (QED) is 0.176. The summed E-state index contributed by atoms with van der Waals surface area (Å²) in [6.45, 7) is -0.881. The number of ether oxygens (including phenoxy) is 3. The number of aliphatic carboxylic acids is 1. The van der Waals surface area contributed by atoms with Gasteiger partial charge in [0.15, 0.2) is 18.7 Å². The molecule has 0 unspecified atom stereocenters. The Morgan fingerprint density at radius 3 is 2.11 bits per heavy atom. The Morgan fingerprint density at radius 1 is 1.00 bits per heavy atom. The summed E-state index contributed by atoms with van der Waals surface area (Å²) in [4.78, 5) is 11.1. The fraction of sp³-hybridized carbons (Fsp3) is 0.917. The molecule has 2 fully saturated rings.